The molecule has 2 rings (SSSR count). The molecule has 0 aliphatic heterocycles. The number of ether oxygens (including phenoxy) is 1. The molecule has 0 aliphatic rings. The van der Waals surface area contributed by atoms with Crippen LogP contribution in [-0.2, 0) is 0 Å². The summed E-state index contributed by atoms with van der Waals surface area (Å²) >= 11 is 3.20. The Bertz CT molecular complexity index is 665. The number of nitrogens with one attached hydrogen (secondary N) is 1. The molecule has 104 valence electrons. The molecule has 7 heteroatoms. The molecule has 0 aliphatic carbocycles. The van der Waals surface area contributed by atoms with Gasteiger partial charge in [0.2, 0.25) is 5.88 Å². The van der Waals surface area contributed by atoms with Crippen molar-refractivity contribution >= 4 is 27.5 Å². The molecule has 1 heterocycles. The molecule has 0 fully saturated rings. The summed E-state index contributed by atoms with van der Waals surface area (Å²) in [6, 6.07) is 4.28. The first-order valence-electron chi connectivity index (χ1n) is 5.47. The van der Waals surface area contributed by atoms with Crippen LogP contribution in [0.4, 0.5) is 14.5 Å². The summed E-state index contributed by atoms with van der Waals surface area (Å²) in [4.78, 5) is 15.9. The summed E-state index contributed by atoms with van der Waals surface area (Å²) in [6.45, 7) is 0. The molecule has 0 spiro atoms. The maximum atomic E-state index is 13.5. The molecule has 4 nitrogen and oxygen atoms in total. The van der Waals surface area contributed by atoms with Gasteiger partial charge in [-0.25, -0.2) is 13.8 Å². The third kappa shape index (κ3) is 3.11. The van der Waals surface area contributed by atoms with Crippen molar-refractivity contribution in [1.29, 1.82) is 0 Å². The molecule has 0 bridgehead atoms. The first kappa shape index (κ1) is 14.4. The van der Waals surface area contributed by atoms with Gasteiger partial charge in [-0.05, 0) is 34.1 Å². The highest BCUT2D eigenvalue weighted by Crippen LogP contribution is 2.25. The summed E-state index contributed by atoms with van der Waals surface area (Å²) in [6.07, 6.45) is 1.49. The van der Waals surface area contributed by atoms with Crippen molar-refractivity contribution in [2.24, 2.45) is 0 Å². The Morgan fingerprint density at radius 1 is 1.35 bits per heavy atom. The maximum absolute atomic E-state index is 13.5. The van der Waals surface area contributed by atoms with Gasteiger partial charge in [-0.1, -0.05) is 0 Å². The first-order valence-corrected chi connectivity index (χ1v) is 6.26. The van der Waals surface area contributed by atoms with Crippen LogP contribution in [0, 0.1) is 11.6 Å². The van der Waals surface area contributed by atoms with E-state index in [0.29, 0.717) is 10.5 Å². The van der Waals surface area contributed by atoms with Crippen LogP contribution >= 0.6 is 15.9 Å². The molecule has 1 amide bonds. The zero-order valence-corrected chi connectivity index (χ0v) is 11.9. The molecule has 0 radical (unpaired) electrons. The number of aromatic nitrogens is 1. The summed E-state index contributed by atoms with van der Waals surface area (Å²) in [7, 11) is 1.39. The van der Waals surface area contributed by atoms with Crippen molar-refractivity contribution in [2.75, 3.05) is 12.4 Å². The topological polar surface area (TPSA) is 51.2 Å². The second-order valence-corrected chi connectivity index (χ2v) is 4.70. The minimum absolute atomic E-state index is 0.184. The van der Waals surface area contributed by atoms with E-state index in [2.05, 4.69) is 26.2 Å². The number of amides is 1. The highest BCUT2D eigenvalue weighted by atomic mass is 79.9. The molecule has 0 atom stereocenters. The quantitative estimate of drug-likeness (QED) is 0.930. The van der Waals surface area contributed by atoms with Gasteiger partial charge in [-0.3, -0.25) is 4.79 Å². The van der Waals surface area contributed by atoms with Crippen molar-refractivity contribution in [3.05, 3.63) is 52.1 Å². The first-order chi connectivity index (χ1) is 9.51. The minimum Gasteiger partial charge on any atom is -0.480 e. The van der Waals surface area contributed by atoms with Gasteiger partial charge in [0.15, 0.2) is 0 Å². The van der Waals surface area contributed by atoms with Crippen LogP contribution in [-0.4, -0.2) is 18.0 Å². The van der Waals surface area contributed by atoms with Gasteiger partial charge in [0.05, 0.1) is 12.7 Å². The number of anilines is 1. The van der Waals surface area contributed by atoms with Gasteiger partial charge in [-0.2, -0.15) is 0 Å². The summed E-state index contributed by atoms with van der Waals surface area (Å²) in [5.74, 6) is -2.23. The summed E-state index contributed by atoms with van der Waals surface area (Å²) in [5, 5.41) is 2.46. The van der Waals surface area contributed by atoms with Gasteiger partial charge in [-0.15, -0.1) is 0 Å². The van der Waals surface area contributed by atoms with E-state index in [9.17, 15) is 13.6 Å². The number of pyridine rings is 1. The van der Waals surface area contributed by atoms with Crippen LogP contribution in [0.1, 0.15) is 10.4 Å². The fraction of sp³-hybridized carbons (Fsp3) is 0.0769. The fourth-order valence-corrected chi connectivity index (χ4v) is 1.87. The smallest absolute Gasteiger partial charge is 0.258 e. The van der Waals surface area contributed by atoms with Gasteiger partial charge in [0, 0.05) is 16.7 Å². The van der Waals surface area contributed by atoms with E-state index < -0.39 is 17.5 Å². The van der Waals surface area contributed by atoms with Crippen LogP contribution in [0.25, 0.3) is 0 Å². The third-order valence-electron chi connectivity index (χ3n) is 2.44. The minimum atomic E-state index is -0.940. The molecule has 20 heavy (non-hydrogen) atoms. The summed E-state index contributed by atoms with van der Waals surface area (Å²) < 4.78 is 31.9. The molecule has 0 saturated heterocycles. The number of rotatable bonds is 3. The van der Waals surface area contributed by atoms with Crippen molar-refractivity contribution in [1.82, 2.24) is 4.98 Å². The predicted octanol–water partition coefficient (Wildman–Crippen LogP) is 3.38. The van der Waals surface area contributed by atoms with E-state index in [1.165, 1.54) is 13.3 Å². The Hall–Kier alpha value is -2.02. The van der Waals surface area contributed by atoms with Crippen LogP contribution in [0.3, 0.4) is 0 Å². The normalized spacial score (nSPS) is 10.2. The van der Waals surface area contributed by atoms with Gasteiger partial charge in [0.25, 0.3) is 5.91 Å². The number of carbonyl (C=O) groups excluding carboxylic acids is 1. The highest BCUT2D eigenvalue weighted by Gasteiger charge is 2.15. The molecule has 0 saturated carbocycles. The highest BCUT2D eigenvalue weighted by molar-refractivity contribution is 9.10. The molecule has 1 N–H and O–H groups in total. The Kier molecular flexibility index (Phi) is 4.29. The van der Waals surface area contributed by atoms with E-state index in [4.69, 9.17) is 4.74 Å². The lowest BCUT2D eigenvalue weighted by atomic mass is 10.2. The van der Waals surface area contributed by atoms with E-state index in [0.717, 1.165) is 12.1 Å². The third-order valence-corrected chi connectivity index (χ3v) is 2.87. The Morgan fingerprint density at radius 3 is 2.75 bits per heavy atom. The number of nitrogens with zero attached hydrogens (tertiary/aromatic N) is 1. The molecule has 1 aromatic carbocycles. The predicted molar refractivity (Wildman–Crippen MR) is 72.8 cm³/mol. The van der Waals surface area contributed by atoms with E-state index in [1.807, 2.05) is 0 Å². The van der Waals surface area contributed by atoms with Crippen LogP contribution in [0.15, 0.2) is 34.9 Å². The number of halogens is 3. The van der Waals surface area contributed by atoms with Crippen LogP contribution < -0.4 is 10.1 Å². The summed E-state index contributed by atoms with van der Waals surface area (Å²) in [5.41, 5.74) is 0.00373. The molecule has 0 unspecified atom stereocenters. The lowest BCUT2D eigenvalue weighted by Gasteiger charge is -2.10. The lowest BCUT2D eigenvalue weighted by molar-refractivity contribution is 0.102. The van der Waals surface area contributed by atoms with Gasteiger partial charge < -0.3 is 10.1 Å². The Labute approximate surface area is 121 Å². The SMILES string of the molecule is COc1ncc(Br)cc1NC(=O)c1ccc(F)cc1F. The fourth-order valence-electron chi connectivity index (χ4n) is 1.54. The Morgan fingerprint density at radius 2 is 2.10 bits per heavy atom. The monoisotopic (exact) mass is 342 g/mol. The van der Waals surface area contributed by atoms with Crippen LogP contribution in [0.2, 0.25) is 0 Å². The maximum Gasteiger partial charge on any atom is 0.258 e. The molecule has 2 aromatic rings. The zero-order valence-electron chi connectivity index (χ0n) is 10.3. The van der Waals surface area contributed by atoms with Crippen LogP contribution in [0.5, 0.6) is 5.88 Å². The molecule has 1 aromatic heterocycles. The number of benzene rings is 1. The van der Waals surface area contributed by atoms with Crippen molar-refractivity contribution in [3.8, 4) is 5.88 Å². The van der Waals surface area contributed by atoms with Crippen molar-refractivity contribution in [3.63, 3.8) is 0 Å². The van der Waals surface area contributed by atoms with Gasteiger partial charge >= 0.3 is 0 Å². The average molecular weight is 343 g/mol. The molecular weight excluding hydrogens is 334 g/mol. The van der Waals surface area contributed by atoms with E-state index in [1.54, 1.807) is 6.07 Å². The van der Waals surface area contributed by atoms with Crippen molar-refractivity contribution < 1.29 is 18.3 Å². The van der Waals surface area contributed by atoms with E-state index >= 15 is 0 Å². The second kappa shape index (κ2) is 5.96. The zero-order chi connectivity index (χ0) is 14.7. The van der Waals surface area contributed by atoms with Crippen molar-refractivity contribution in [2.45, 2.75) is 0 Å². The average Bonchev–Trinajstić information content (AvgIpc) is 2.38. The van der Waals surface area contributed by atoms with E-state index in [-0.39, 0.29) is 17.1 Å². The number of carbonyl (C=O) groups is 1. The lowest BCUT2D eigenvalue weighted by Crippen LogP contribution is -2.15. The standard InChI is InChI=1S/C13H9BrF2N2O2/c1-20-13-11(4-7(14)6-17-13)18-12(19)9-3-2-8(15)5-10(9)16/h2-6H,1H3,(H,18,19). The molecular formula is C13H9BrF2N2O2. The largest absolute Gasteiger partial charge is 0.480 e. The van der Waals surface area contributed by atoms with Gasteiger partial charge in [0.1, 0.15) is 17.3 Å². The number of hydrogen-bond acceptors (Lipinski definition) is 3. The number of hydrogen-bond donors (Lipinski definition) is 1. The number of methoxy groups -OCH3 is 1. The Balaban J connectivity index is 2.30. The second-order valence-electron chi connectivity index (χ2n) is 3.79.